The Kier molecular flexibility index (Phi) is 7.26. The summed E-state index contributed by atoms with van der Waals surface area (Å²) in [5, 5.41) is 6.96. The van der Waals surface area contributed by atoms with Gasteiger partial charge in [-0.3, -0.25) is 9.69 Å². The SMILES string of the molecule is CCc1cocc1CN1CCN(S(=O)(=O)c2cccs2)C(C(=O)Nc2ccc3c(c2)c2ccccc2n3CC)C1. The van der Waals surface area contributed by atoms with E-state index in [4.69, 9.17) is 4.42 Å². The maximum absolute atomic E-state index is 13.9. The number of nitrogens with one attached hydrogen (secondary N) is 1. The lowest BCUT2D eigenvalue weighted by Crippen LogP contribution is -2.59. The number of carbonyl (C=O) groups excluding carboxylic acids is 1. The topological polar surface area (TPSA) is 87.8 Å². The van der Waals surface area contributed by atoms with E-state index < -0.39 is 16.1 Å². The summed E-state index contributed by atoms with van der Waals surface area (Å²) in [6, 6.07) is 16.6. The van der Waals surface area contributed by atoms with Gasteiger partial charge in [-0.25, -0.2) is 8.42 Å². The van der Waals surface area contributed by atoms with Crippen LogP contribution in [0.15, 0.2) is 81.1 Å². The van der Waals surface area contributed by atoms with Crippen LogP contribution in [0.25, 0.3) is 21.8 Å². The van der Waals surface area contributed by atoms with Crippen molar-refractivity contribution in [3.8, 4) is 0 Å². The predicted molar refractivity (Wildman–Crippen MR) is 159 cm³/mol. The fourth-order valence-corrected chi connectivity index (χ4v) is 8.42. The summed E-state index contributed by atoms with van der Waals surface area (Å²) in [7, 11) is -3.82. The zero-order valence-corrected chi connectivity index (χ0v) is 24.2. The summed E-state index contributed by atoms with van der Waals surface area (Å²) in [5.41, 5.74) is 5.07. The number of sulfonamides is 1. The Bertz CT molecular complexity index is 1770. The van der Waals surface area contributed by atoms with Crippen molar-refractivity contribution in [1.29, 1.82) is 0 Å². The third-order valence-electron chi connectivity index (χ3n) is 7.74. The summed E-state index contributed by atoms with van der Waals surface area (Å²) in [6.07, 6.45) is 4.34. The first-order valence-corrected chi connectivity index (χ1v) is 15.9. The molecule has 6 rings (SSSR count). The molecule has 0 saturated carbocycles. The largest absolute Gasteiger partial charge is 0.472 e. The number of hydrogen-bond donors (Lipinski definition) is 1. The molecular formula is C30H32N4O4S2. The van der Waals surface area contributed by atoms with Gasteiger partial charge in [-0.2, -0.15) is 4.31 Å². The molecule has 8 nitrogen and oxygen atoms in total. The molecule has 3 aromatic heterocycles. The smallest absolute Gasteiger partial charge is 0.253 e. The van der Waals surface area contributed by atoms with Gasteiger partial charge in [0, 0.05) is 65.8 Å². The summed E-state index contributed by atoms with van der Waals surface area (Å²) in [6.45, 7) is 6.64. The Morgan fingerprint density at radius 1 is 1.00 bits per heavy atom. The highest BCUT2D eigenvalue weighted by Gasteiger charge is 2.40. The van der Waals surface area contributed by atoms with Crippen LogP contribution in [-0.4, -0.2) is 53.8 Å². The van der Waals surface area contributed by atoms with Crippen LogP contribution < -0.4 is 5.32 Å². The highest BCUT2D eigenvalue weighted by atomic mass is 32.2. The molecule has 1 aliphatic heterocycles. The number of amides is 1. The molecule has 0 radical (unpaired) electrons. The molecule has 208 valence electrons. The fourth-order valence-electron chi connectivity index (χ4n) is 5.73. The number of fused-ring (bicyclic) bond motifs is 3. The van der Waals surface area contributed by atoms with Gasteiger partial charge >= 0.3 is 0 Å². The number of carbonyl (C=O) groups is 1. The van der Waals surface area contributed by atoms with Crippen molar-refractivity contribution in [2.45, 2.75) is 43.6 Å². The molecule has 1 amide bonds. The van der Waals surface area contributed by atoms with E-state index >= 15 is 0 Å². The normalized spacial score (nSPS) is 17.1. The number of benzene rings is 2. The van der Waals surface area contributed by atoms with Crippen molar-refractivity contribution in [2.24, 2.45) is 0 Å². The predicted octanol–water partition coefficient (Wildman–Crippen LogP) is 5.55. The minimum absolute atomic E-state index is 0.223. The highest BCUT2D eigenvalue weighted by Crippen LogP contribution is 2.32. The van der Waals surface area contributed by atoms with Gasteiger partial charge in [0.15, 0.2) is 0 Å². The van der Waals surface area contributed by atoms with Crippen LogP contribution in [0.4, 0.5) is 5.69 Å². The van der Waals surface area contributed by atoms with Crippen LogP contribution in [0, 0.1) is 0 Å². The number of aromatic nitrogens is 1. The molecule has 2 aromatic carbocycles. The zero-order valence-electron chi connectivity index (χ0n) is 22.5. The number of para-hydroxylation sites is 1. The van der Waals surface area contributed by atoms with E-state index in [2.05, 4.69) is 40.8 Å². The van der Waals surface area contributed by atoms with E-state index in [1.807, 2.05) is 30.3 Å². The monoisotopic (exact) mass is 576 g/mol. The van der Waals surface area contributed by atoms with Crippen molar-refractivity contribution in [3.63, 3.8) is 0 Å². The zero-order chi connectivity index (χ0) is 27.9. The molecule has 1 unspecified atom stereocenters. The summed E-state index contributed by atoms with van der Waals surface area (Å²) in [4.78, 5) is 16.0. The molecule has 1 aliphatic rings. The van der Waals surface area contributed by atoms with Gasteiger partial charge in [0.1, 0.15) is 10.3 Å². The molecule has 1 fully saturated rings. The van der Waals surface area contributed by atoms with E-state index in [9.17, 15) is 13.2 Å². The van der Waals surface area contributed by atoms with Gasteiger partial charge in [0.2, 0.25) is 5.91 Å². The number of anilines is 1. The molecule has 1 atom stereocenters. The van der Waals surface area contributed by atoms with Gasteiger partial charge < -0.3 is 14.3 Å². The van der Waals surface area contributed by atoms with Gasteiger partial charge in [0.25, 0.3) is 10.0 Å². The van der Waals surface area contributed by atoms with Crippen LogP contribution in [0.5, 0.6) is 0 Å². The van der Waals surface area contributed by atoms with Gasteiger partial charge in [-0.15, -0.1) is 11.3 Å². The van der Waals surface area contributed by atoms with Crippen LogP contribution in [0.3, 0.4) is 0 Å². The van der Waals surface area contributed by atoms with E-state index in [1.54, 1.807) is 30.0 Å². The van der Waals surface area contributed by atoms with E-state index in [0.29, 0.717) is 18.8 Å². The third kappa shape index (κ3) is 4.75. The lowest BCUT2D eigenvalue weighted by atomic mass is 10.1. The number of furan rings is 1. The maximum Gasteiger partial charge on any atom is 0.253 e. The Morgan fingerprint density at radius 3 is 2.58 bits per heavy atom. The van der Waals surface area contributed by atoms with Crippen LogP contribution in [0.2, 0.25) is 0 Å². The molecule has 10 heteroatoms. The van der Waals surface area contributed by atoms with Crippen molar-refractivity contribution < 1.29 is 17.6 Å². The molecule has 1 N–H and O–H groups in total. The first-order valence-electron chi connectivity index (χ1n) is 13.5. The number of nitrogens with zero attached hydrogens (tertiary/aromatic N) is 3. The molecule has 0 aliphatic carbocycles. The molecule has 40 heavy (non-hydrogen) atoms. The number of thiophene rings is 1. The lowest BCUT2D eigenvalue weighted by molar-refractivity contribution is -0.121. The third-order valence-corrected chi connectivity index (χ3v) is 11.0. The number of hydrogen-bond acceptors (Lipinski definition) is 6. The minimum atomic E-state index is -3.82. The first kappa shape index (κ1) is 26.8. The Hall–Kier alpha value is -3.44. The molecule has 0 spiro atoms. The van der Waals surface area contributed by atoms with Gasteiger partial charge in [-0.05, 0) is 54.6 Å². The van der Waals surface area contributed by atoms with Crippen LogP contribution in [-0.2, 0) is 34.3 Å². The molecule has 4 heterocycles. The summed E-state index contributed by atoms with van der Waals surface area (Å²) < 4.78 is 36.5. The highest BCUT2D eigenvalue weighted by molar-refractivity contribution is 7.91. The van der Waals surface area contributed by atoms with Crippen molar-refractivity contribution in [2.75, 3.05) is 25.0 Å². The standard InChI is InChI=1S/C30H32N4O4S2/c1-3-21-19-38-20-22(21)17-32-13-14-34(40(36,37)29-10-7-15-39-29)28(18-32)30(35)31-23-11-12-27-25(16-23)24-8-5-6-9-26(24)33(27)4-2/h5-12,15-16,19-20,28H,3-4,13-14,17-18H2,1-2H3,(H,31,35). The van der Waals surface area contributed by atoms with E-state index in [0.717, 1.165) is 45.9 Å². The van der Waals surface area contributed by atoms with Gasteiger partial charge in [-0.1, -0.05) is 31.2 Å². The second-order valence-electron chi connectivity index (χ2n) is 10.1. The summed E-state index contributed by atoms with van der Waals surface area (Å²) >= 11 is 1.17. The second kappa shape index (κ2) is 10.9. The Morgan fingerprint density at radius 2 is 1.80 bits per heavy atom. The van der Waals surface area contributed by atoms with Crippen LogP contribution >= 0.6 is 11.3 Å². The van der Waals surface area contributed by atoms with E-state index in [-0.39, 0.29) is 23.2 Å². The van der Waals surface area contributed by atoms with Crippen LogP contribution in [0.1, 0.15) is 25.0 Å². The van der Waals surface area contributed by atoms with Crippen molar-refractivity contribution in [3.05, 3.63) is 83.6 Å². The van der Waals surface area contributed by atoms with Gasteiger partial charge in [0.05, 0.1) is 12.5 Å². The Balaban J connectivity index is 1.31. The first-order chi connectivity index (χ1) is 19.4. The summed E-state index contributed by atoms with van der Waals surface area (Å²) in [5.74, 6) is -0.341. The average molecular weight is 577 g/mol. The van der Waals surface area contributed by atoms with E-state index in [1.165, 1.54) is 15.6 Å². The maximum atomic E-state index is 13.9. The molecule has 5 aromatic rings. The number of aryl methyl sites for hydroxylation is 2. The quantitative estimate of drug-likeness (QED) is 0.262. The minimum Gasteiger partial charge on any atom is -0.472 e. The van der Waals surface area contributed by atoms with Crippen molar-refractivity contribution in [1.82, 2.24) is 13.8 Å². The van der Waals surface area contributed by atoms with Crippen molar-refractivity contribution >= 4 is 54.8 Å². The number of rotatable bonds is 8. The lowest BCUT2D eigenvalue weighted by Gasteiger charge is -2.39. The average Bonchev–Trinajstić information content (AvgIpc) is 3.72. The Labute approximate surface area is 237 Å². The number of piperazine rings is 1. The second-order valence-corrected chi connectivity index (χ2v) is 13.1. The molecule has 1 saturated heterocycles. The fraction of sp³-hybridized carbons (Fsp3) is 0.300. The molecular weight excluding hydrogens is 544 g/mol. The molecule has 0 bridgehead atoms.